The smallest absolute Gasteiger partial charge is 0.220 e. The molecule has 3 aromatic rings. The molecular formula is C24H25N7. The Kier molecular flexibility index (Phi) is 5.49. The van der Waals surface area contributed by atoms with Crippen LogP contribution in [0.4, 0.5) is 17.3 Å². The molecule has 31 heavy (non-hydrogen) atoms. The fourth-order valence-corrected chi connectivity index (χ4v) is 3.26. The molecule has 0 radical (unpaired) electrons. The van der Waals surface area contributed by atoms with E-state index in [0.717, 1.165) is 33.6 Å². The van der Waals surface area contributed by atoms with E-state index in [1.807, 2.05) is 31.3 Å². The molecule has 0 bridgehead atoms. The number of nitrogens with one attached hydrogen (secondary N) is 3. The Bertz CT molecular complexity index is 1160. The van der Waals surface area contributed by atoms with E-state index in [-0.39, 0.29) is 5.95 Å². The third-order valence-corrected chi connectivity index (χ3v) is 5.22. The standard InChI is InChI=1S/C24H25N7/c1-14-4-5-18(19-8-20(11-27-10-19)30-15(2)17-6-7-17)9-22(14)23(25)16(3)31-21-12-28-24(26)29-13-21/h4-5,8-13,17,25,30-31H,2-3,6-7H2,1H3,(H2,26,28,29). The minimum absolute atomic E-state index is 0.195. The molecule has 0 amide bonds. The van der Waals surface area contributed by atoms with Gasteiger partial charge in [-0.3, -0.25) is 10.4 Å². The largest absolute Gasteiger partial charge is 0.368 e. The van der Waals surface area contributed by atoms with Crippen molar-refractivity contribution in [1.82, 2.24) is 15.0 Å². The van der Waals surface area contributed by atoms with E-state index in [1.54, 1.807) is 18.6 Å². The van der Waals surface area contributed by atoms with E-state index in [2.05, 4.69) is 44.8 Å². The zero-order chi connectivity index (χ0) is 22.0. The van der Waals surface area contributed by atoms with E-state index in [4.69, 9.17) is 11.1 Å². The number of aryl methyl sites for hydroxylation is 1. The van der Waals surface area contributed by atoms with Gasteiger partial charge in [-0.05, 0) is 48.9 Å². The molecule has 156 valence electrons. The second-order valence-corrected chi connectivity index (χ2v) is 7.72. The molecule has 1 aliphatic rings. The molecule has 0 saturated heterocycles. The summed E-state index contributed by atoms with van der Waals surface area (Å²) in [6.07, 6.45) is 9.13. The number of nitrogen functional groups attached to an aromatic ring is 1. The van der Waals surface area contributed by atoms with Crippen molar-refractivity contribution in [3.8, 4) is 11.1 Å². The van der Waals surface area contributed by atoms with Crippen LogP contribution in [-0.4, -0.2) is 20.7 Å². The lowest BCUT2D eigenvalue weighted by molar-refractivity contribution is 1.02. The lowest BCUT2D eigenvalue weighted by Crippen LogP contribution is -2.12. The van der Waals surface area contributed by atoms with Gasteiger partial charge < -0.3 is 16.4 Å². The first kappa shape index (κ1) is 20.3. The summed E-state index contributed by atoms with van der Waals surface area (Å²) in [5, 5.41) is 15.1. The molecule has 1 aliphatic carbocycles. The van der Waals surface area contributed by atoms with Crippen LogP contribution in [0.25, 0.3) is 11.1 Å². The Morgan fingerprint density at radius 2 is 1.74 bits per heavy atom. The van der Waals surface area contributed by atoms with Crippen LogP contribution in [0.15, 0.2) is 73.6 Å². The van der Waals surface area contributed by atoms with Crippen molar-refractivity contribution in [3.63, 3.8) is 0 Å². The summed E-state index contributed by atoms with van der Waals surface area (Å²) in [7, 11) is 0. The van der Waals surface area contributed by atoms with Crippen molar-refractivity contribution in [3.05, 3.63) is 84.7 Å². The summed E-state index contributed by atoms with van der Waals surface area (Å²) in [6.45, 7) is 10.1. The molecule has 0 aliphatic heterocycles. The number of rotatable bonds is 8. The van der Waals surface area contributed by atoms with Gasteiger partial charge >= 0.3 is 0 Å². The van der Waals surface area contributed by atoms with Crippen molar-refractivity contribution < 1.29 is 0 Å². The van der Waals surface area contributed by atoms with Crippen LogP contribution in [-0.2, 0) is 0 Å². The number of nitrogens with zero attached hydrogens (tertiary/aromatic N) is 3. The maximum absolute atomic E-state index is 8.65. The first-order valence-corrected chi connectivity index (χ1v) is 10.1. The van der Waals surface area contributed by atoms with E-state index in [1.165, 1.54) is 12.8 Å². The highest BCUT2D eigenvalue weighted by Gasteiger charge is 2.24. The fraction of sp³-hybridized carbons (Fsp3) is 0.167. The normalized spacial score (nSPS) is 12.8. The third-order valence-electron chi connectivity index (χ3n) is 5.22. The van der Waals surface area contributed by atoms with E-state index < -0.39 is 0 Å². The van der Waals surface area contributed by atoms with Crippen molar-refractivity contribution in [2.24, 2.45) is 5.92 Å². The van der Waals surface area contributed by atoms with Gasteiger partial charge in [0.2, 0.25) is 5.95 Å². The molecular weight excluding hydrogens is 386 g/mol. The number of anilines is 3. The van der Waals surface area contributed by atoms with Gasteiger partial charge in [0.1, 0.15) is 0 Å². The zero-order valence-corrected chi connectivity index (χ0v) is 17.4. The van der Waals surface area contributed by atoms with Crippen LogP contribution in [0.5, 0.6) is 0 Å². The van der Waals surface area contributed by atoms with E-state index >= 15 is 0 Å². The number of pyridine rings is 1. The first-order valence-electron chi connectivity index (χ1n) is 10.1. The average molecular weight is 412 g/mol. The maximum atomic E-state index is 8.65. The van der Waals surface area contributed by atoms with Crippen LogP contribution in [0.1, 0.15) is 24.0 Å². The van der Waals surface area contributed by atoms with Crippen molar-refractivity contribution in [2.45, 2.75) is 19.8 Å². The topological polar surface area (TPSA) is 113 Å². The Balaban J connectivity index is 1.55. The van der Waals surface area contributed by atoms with Crippen LogP contribution in [0.2, 0.25) is 0 Å². The Morgan fingerprint density at radius 3 is 2.45 bits per heavy atom. The summed E-state index contributed by atoms with van der Waals surface area (Å²) in [5.74, 6) is 0.765. The van der Waals surface area contributed by atoms with Crippen LogP contribution >= 0.6 is 0 Å². The number of nitrogens with two attached hydrogens (primary N) is 1. The summed E-state index contributed by atoms with van der Waals surface area (Å²) >= 11 is 0. The molecule has 1 fully saturated rings. The van der Waals surface area contributed by atoms with Gasteiger partial charge in [0.15, 0.2) is 0 Å². The van der Waals surface area contributed by atoms with Gasteiger partial charge in [-0.15, -0.1) is 0 Å². The lowest BCUT2D eigenvalue weighted by atomic mass is 9.96. The molecule has 0 atom stereocenters. The molecule has 5 N–H and O–H groups in total. The highest BCUT2D eigenvalue weighted by Crippen LogP contribution is 2.36. The van der Waals surface area contributed by atoms with Gasteiger partial charge in [-0.25, -0.2) is 9.97 Å². The molecule has 1 saturated carbocycles. The summed E-state index contributed by atoms with van der Waals surface area (Å²) in [5.41, 5.74) is 12.6. The molecule has 2 aromatic heterocycles. The summed E-state index contributed by atoms with van der Waals surface area (Å²) in [4.78, 5) is 12.3. The predicted molar refractivity (Wildman–Crippen MR) is 126 cm³/mol. The van der Waals surface area contributed by atoms with Crippen LogP contribution < -0.4 is 16.4 Å². The molecule has 4 rings (SSSR count). The number of aromatic nitrogens is 3. The molecule has 7 nitrogen and oxygen atoms in total. The van der Waals surface area contributed by atoms with Gasteiger partial charge in [0.25, 0.3) is 0 Å². The molecule has 7 heteroatoms. The summed E-state index contributed by atoms with van der Waals surface area (Å²) < 4.78 is 0. The highest BCUT2D eigenvalue weighted by atomic mass is 15.0. The predicted octanol–water partition coefficient (Wildman–Crippen LogP) is 4.76. The zero-order valence-electron chi connectivity index (χ0n) is 17.4. The third kappa shape index (κ3) is 4.78. The molecule has 0 unspecified atom stereocenters. The monoisotopic (exact) mass is 411 g/mol. The summed E-state index contributed by atoms with van der Waals surface area (Å²) in [6, 6.07) is 8.08. The fourth-order valence-electron chi connectivity index (χ4n) is 3.26. The second-order valence-electron chi connectivity index (χ2n) is 7.72. The van der Waals surface area contributed by atoms with Crippen molar-refractivity contribution in [2.75, 3.05) is 16.4 Å². The minimum atomic E-state index is 0.195. The Morgan fingerprint density at radius 1 is 1.00 bits per heavy atom. The lowest BCUT2D eigenvalue weighted by Gasteiger charge is -2.15. The Hall–Kier alpha value is -4.00. The molecule has 1 aromatic carbocycles. The average Bonchev–Trinajstić information content (AvgIpc) is 3.61. The van der Waals surface area contributed by atoms with Crippen LogP contribution in [0.3, 0.4) is 0 Å². The number of hydrogen-bond acceptors (Lipinski definition) is 7. The van der Waals surface area contributed by atoms with E-state index in [9.17, 15) is 0 Å². The van der Waals surface area contributed by atoms with Gasteiger partial charge in [-0.1, -0.05) is 25.3 Å². The maximum Gasteiger partial charge on any atom is 0.220 e. The van der Waals surface area contributed by atoms with Crippen molar-refractivity contribution >= 4 is 23.0 Å². The van der Waals surface area contributed by atoms with Gasteiger partial charge in [0.05, 0.1) is 41.4 Å². The van der Waals surface area contributed by atoms with E-state index in [0.29, 0.717) is 23.0 Å². The number of allylic oxidation sites excluding steroid dienone is 2. The molecule has 2 heterocycles. The van der Waals surface area contributed by atoms with Gasteiger partial charge in [0, 0.05) is 23.0 Å². The molecule has 0 spiro atoms. The Labute approximate surface area is 181 Å². The number of hydrogen-bond donors (Lipinski definition) is 4. The number of benzene rings is 1. The highest BCUT2D eigenvalue weighted by molar-refractivity contribution is 6.13. The first-order chi connectivity index (χ1) is 14.9. The van der Waals surface area contributed by atoms with Gasteiger partial charge in [-0.2, -0.15) is 0 Å². The van der Waals surface area contributed by atoms with Crippen molar-refractivity contribution in [1.29, 1.82) is 5.41 Å². The second kappa shape index (κ2) is 8.39. The SMILES string of the molecule is C=C(Nc1cnc(N)nc1)C(=N)c1cc(-c2cncc(NC(=C)C3CC3)c2)ccc1C. The quantitative estimate of drug-likeness (QED) is 0.398. The van der Waals surface area contributed by atoms with Crippen LogP contribution in [0, 0.1) is 18.3 Å². The minimum Gasteiger partial charge on any atom is -0.368 e.